The third-order valence-corrected chi connectivity index (χ3v) is 7.67. The van der Waals surface area contributed by atoms with E-state index in [4.69, 9.17) is 16.3 Å². The number of carbonyl (C=O) groups excluding carboxylic acids is 2. The van der Waals surface area contributed by atoms with Crippen LogP contribution in [-0.4, -0.2) is 84.7 Å². The number of halogens is 7. The monoisotopic (exact) mass is 672 g/mol. The number of likely N-dealkylation sites (N-methyl/N-ethyl adjacent to an activating group) is 1. The SMILES string of the molecule is CNc1nc(N2CCN(C)CC2)nc(N2CC(OC(=O)C(F)(F)F)c3cc(C(=O)NCc4ccc(Cl)cc4C(F)(F)F)ccc32)n1. The highest BCUT2D eigenvalue weighted by Crippen LogP contribution is 2.42. The van der Waals surface area contributed by atoms with E-state index < -0.39 is 42.4 Å². The number of ether oxygens (including phenoxy) is 1. The number of amides is 1. The van der Waals surface area contributed by atoms with Crippen molar-refractivity contribution in [3.05, 3.63) is 63.7 Å². The summed E-state index contributed by atoms with van der Waals surface area (Å²) >= 11 is 5.72. The van der Waals surface area contributed by atoms with Gasteiger partial charge in [-0.25, -0.2) is 4.79 Å². The molecule has 3 heterocycles. The molecule has 0 radical (unpaired) electrons. The van der Waals surface area contributed by atoms with Crippen molar-refractivity contribution in [3.63, 3.8) is 0 Å². The van der Waals surface area contributed by atoms with Gasteiger partial charge in [0, 0.05) is 55.9 Å². The number of alkyl halides is 6. The molecule has 46 heavy (non-hydrogen) atoms. The normalized spacial score (nSPS) is 17.1. The largest absolute Gasteiger partial charge is 0.490 e. The Morgan fingerprint density at radius 2 is 1.67 bits per heavy atom. The van der Waals surface area contributed by atoms with Crippen LogP contribution in [0.2, 0.25) is 5.02 Å². The summed E-state index contributed by atoms with van der Waals surface area (Å²) in [6.07, 6.45) is -11.5. The summed E-state index contributed by atoms with van der Waals surface area (Å²) in [6.45, 7) is 1.89. The maximum absolute atomic E-state index is 13.5. The van der Waals surface area contributed by atoms with Crippen molar-refractivity contribution in [1.82, 2.24) is 25.2 Å². The second-order valence-corrected chi connectivity index (χ2v) is 11.0. The van der Waals surface area contributed by atoms with E-state index in [-0.39, 0.29) is 45.8 Å². The smallest absolute Gasteiger partial charge is 0.449 e. The minimum absolute atomic E-state index is 0.0419. The van der Waals surface area contributed by atoms with Crippen LogP contribution in [0.1, 0.15) is 33.2 Å². The Morgan fingerprint density at radius 1 is 0.978 bits per heavy atom. The minimum atomic E-state index is -5.29. The van der Waals surface area contributed by atoms with Crippen LogP contribution in [0.25, 0.3) is 0 Å². The fraction of sp³-hybridized carbons (Fsp3) is 0.393. The van der Waals surface area contributed by atoms with Gasteiger partial charge in [-0.3, -0.25) is 4.79 Å². The van der Waals surface area contributed by atoms with Gasteiger partial charge in [-0.2, -0.15) is 41.3 Å². The van der Waals surface area contributed by atoms with Crippen LogP contribution < -0.4 is 20.4 Å². The van der Waals surface area contributed by atoms with Crippen molar-refractivity contribution in [2.45, 2.75) is 25.0 Å². The highest BCUT2D eigenvalue weighted by Gasteiger charge is 2.45. The molecule has 18 heteroatoms. The van der Waals surface area contributed by atoms with E-state index in [0.29, 0.717) is 19.0 Å². The topological polar surface area (TPSA) is 116 Å². The molecule has 11 nitrogen and oxygen atoms in total. The summed E-state index contributed by atoms with van der Waals surface area (Å²) < 4.78 is 85.0. The minimum Gasteiger partial charge on any atom is -0.449 e. The van der Waals surface area contributed by atoms with Crippen LogP contribution in [0.4, 0.5) is 49.9 Å². The molecule has 0 spiro atoms. The molecule has 1 amide bonds. The molecule has 5 rings (SSSR count). The Morgan fingerprint density at radius 3 is 2.33 bits per heavy atom. The summed E-state index contributed by atoms with van der Waals surface area (Å²) in [7, 11) is 3.57. The molecule has 0 bridgehead atoms. The van der Waals surface area contributed by atoms with Crippen LogP contribution in [0.15, 0.2) is 36.4 Å². The van der Waals surface area contributed by atoms with E-state index in [9.17, 15) is 35.9 Å². The Labute approximate surface area is 263 Å². The van der Waals surface area contributed by atoms with E-state index in [1.54, 1.807) is 7.05 Å². The van der Waals surface area contributed by atoms with Crippen molar-refractivity contribution in [2.75, 3.05) is 61.9 Å². The molecule has 0 aliphatic carbocycles. The number of nitrogens with zero attached hydrogens (tertiary/aromatic N) is 6. The lowest BCUT2D eigenvalue weighted by molar-refractivity contribution is -0.204. The zero-order chi connectivity index (χ0) is 33.4. The molecule has 1 aromatic heterocycles. The predicted octanol–water partition coefficient (Wildman–Crippen LogP) is 4.57. The number of carbonyl (C=O) groups is 2. The standard InChI is InChI=1S/C28H27ClF6N8O3/c1-36-24-38-25(42-9-7-41(2)8-10-42)40-26(39-24)43-14-21(46-23(45)28(33,34)35)18-11-15(4-6-20(18)43)22(44)37-13-16-3-5-17(29)12-19(16)27(30,31)32/h3-6,11-12,21H,7-10,13-14H2,1-2H3,(H,37,44)(H,36,38,39,40). The van der Waals surface area contributed by atoms with Gasteiger partial charge in [0.25, 0.3) is 5.91 Å². The second kappa shape index (κ2) is 12.8. The van der Waals surface area contributed by atoms with Gasteiger partial charge in [0.05, 0.1) is 17.8 Å². The average Bonchev–Trinajstić information content (AvgIpc) is 3.37. The first-order valence-corrected chi connectivity index (χ1v) is 14.2. The molecule has 2 aliphatic heterocycles. The van der Waals surface area contributed by atoms with E-state index in [1.807, 2.05) is 11.9 Å². The van der Waals surface area contributed by atoms with Crippen LogP contribution in [0, 0.1) is 0 Å². The summed E-state index contributed by atoms with van der Waals surface area (Å²) in [4.78, 5) is 43.8. The number of piperazine rings is 1. The molecule has 246 valence electrons. The third kappa shape index (κ3) is 7.20. The van der Waals surface area contributed by atoms with Crippen molar-refractivity contribution in [2.24, 2.45) is 0 Å². The molecule has 1 atom stereocenters. The second-order valence-electron chi connectivity index (χ2n) is 10.6. The number of fused-ring (bicyclic) bond motifs is 1. The lowest BCUT2D eigenvalue weighted by Crippen LogP contribution is -2.45. The van der Waals surface area contributed by atoms with Gasteiger partial charge in [0.15, 0.2) is 0 Å². The molecule has 0 saturated carbocycles. The fourth-order valence-electron chi connectivity index (χ4n) is 5.03. The van der Waals surface area contributed by atoms with E-state index >= 15 is 0 Å². The number of esters is 1. The van der Waals surface area contributed by atoms with Gasteiger partial charge in [0.2, 0.25) is 17.8 Å². The molecule has 2 aliphatic rings. The van der Waals surface area contributed by atoms with Crippen molar-refractivity contribution < 1.29 is 40.7 Å². The zero-order valence-electron chi connectivity index (χ0n) is 24.3. The number of benzene rings is 2. The number of hydrogen-bond acceptors (Lipinski definition) is 10. The molecule has 2 aromatic carbocycles. The molecule has 1 saturated heterocycles. The Bertz CT molecular complexity index is 1630. The molecular weight excluding hydrogens is 646 g/mol. The first-order valence-electron chi connectivity index (χ1n) is 13.8. The van der Waals surface area contributed by atoms with Crippen molar-refractivity contribution >= 4 is 47.0 Å². The summed E-state index contributed by atoms with van der Waals surface area (Å²) in [5.74, 6) is -2.68. The molecule has 1 fully saturated rings. The summed E-state index contributed by atoms with van der Waals surface area (Å²) in [5, 5.41) is 5.09. The number of anilines is 4. The fourth-order valence-corrected chi connectivity index (χ4v) is 5.20. The first-order chi connectivity index (χ1) is 21.6. The van der Waals surface area contributed by atoms with E-state index in [0.717, 1.165) is 25.2 Å². The Balaban J connectivity index is 1.46. The van der Waals surface area contributed by atoms with Crippen molar-refractivity contribution in [3.8, 4) is 0 Å². The molecule has 1 unspecified atom stereocenters. The van der Waals surface area contributed by atoms with Gasteiger partial charge < -0.3 is 30.1 Å². The number of hydrogen-bond donors (Lipinski definition) is 2. The van der Waals surface area contributed by atoms with Gasteiger partial charge in [0.1, 0.15) is 6.10 Å². The lowest BCUT2D eigenvalue weighted by Gasteiger charge is -2.32. The zero-order valence-corrected chi connectivity index (χ0v) is 25.1. The predicted molar refractivity (Wildman–Crippen MR) is 155 cm³/mol. The Hall–Kier alpha value is -4.38. The number of rotatable bonds is 7. The quantitative estimate of drug-likeness (QED) is 0.273. The van der Waals surface area contributed by atoms with Crippen LogP contribution in [0.3, 0.4) is 0 Å². The highest BCUT2D eigenvalue weighted by atomic mass is 35.5. The van der Waals surface area contributed by atoms with Crippen molar-refractivity contribution in [1.29, 1.82) is 0 Å². The van der Waals surface area contributed by atoms with Crippen LogP contribution in [0.5, 0.6) is 0 Å². The van der Waals surface area contributed by atoms with E-state index in [1.165, 1.54) is 29.2 Å². The molecule has 3 aromatic rings. The maximum Gasteiger partial charge on any atom is 0.490 e. The van der Waals surface area contributed by atoms with Crippen LogP contribution >= 0.6 is 11.6 Å². The average molecular weight is 673 g/mol. The number of aromatic nitrogens is 3. The van der Waals surface area contributed by atoms with Gasteiger partial charge >= 0.3 is 18.3 Å². The summed E-state index contributed by atoms with van der Waals surface area (Å²) in [6, 6.07) is 7.08. The Kier molecular flexibility index (Phi) is 9.17. The van der Waals surface area contributed by atoms with Gasteiger partial charge in [-0.15, -0.1) is 0 Å². The van der Waals surface area contributed by atoms with Gasteiger partial charge in [-0.1, -0.05) is 17.7 Å². The maximum atomic E-state index is 13.5. The lowest BCUT2D eigenvalue weighted by atomic mass is 10.0. The first kappa shape index (κ1) is 33.0. The third-order valence-electron chi connectivity index (χ3n) is 7.44. The molecular formula is C28H27ClF6N8O3. The number of nitrogens with one attached hydrogen (secondary N) is 2. The van der Waals surface area contributed by atoms with E-state index in [2.05, 4.69) is 30.5 Å². The van der Waals surface area contributed by atoms with Crippen LogP contribution in [-0.2, 0) is 22.3 Å². The highest BCUT2D eigenvalue weighted by molar-refractivity contribution is 6.30. The molecule has 2 N–H and O–H groups in total. The summed E-state index contributed by atoms with van der Waals surface area (Å²) in [5.41, 5.74) is -1.08. The van der Waals surface area contributed by atoms with Gasteiger partial charge in [-0.05, 0) is 42.9 Å².